The molecule has 0 aliphatic rings. The molecule has 0 saturated heterocycles. The molecule has 0 spiro atoms. The molecule has 0 bridgehead atoms. The molecular formula is C8H18NS. The van der Waals surface area contributed by atoms with Crippen LogP contribution in [0.5, 0.6) is 0 Å². The van der Waals surface area contributed by atoms with Crippen LogP contribution in [-0.2, 0) is 0 Å². The van der Waals surface area contributed by atoms with Gasteiger partial charge in [-0.25, -0.2) is 0 Å². The van der Waals surface area contributed by atoms with Crippen molar-refractivity contribution in [1.82, 2.24) is 0 Å². The monoisotopic (exact) mass is 160 g/mol. The molecular weight excluding hydrogens is 142 g/mol. The van der Waals surface area contributed by atoms with Crippen LogP contribution in [0.4, 0.5) is 0 Å². The van der Waals surface area contributed by atoms with Crippen molar-refractivity contribution >= 4 is 12.6 Å². The van der Waals surface area contributed by atoms with Gasteiger partial charge in [-0.3, -0.25) is 0 Å². The molecule has 1 radical (unpaired) electrons. The largest absolute Gasteiger partial charge is 0.326 e. The molecule has 2 heteroatoms. The Morgan fingerprint density at radius 2 is 2.10 bits per heavy atom. The molecule has 0 aliphatic carbocycles. The molecule has 0 aromatic rings. The Kier molecular flexibility index (Phi) is 4.37. The van der Waals surface area contributed by atoms with E-state index in [0.29, 0.717) is 0 Å². The van der Waals surface area contributed by atoms with Gasteiger partial charge in [-0.1, -0.05) is 19.8 Å². The lowest BCUT2D eigenvalue weighted by Crippen LogP contribution is -2.38. The van der Waals surface area contributed by atoms with Gasteiger partial charge >= 0.3 is 0 Å². The SMILES string of the molecule is [CH2]CCCC(N)C(C)(C)S. The van der Waals surface area contributed by atoms with Gasteiger partial charge in [0.1, 0.15) is 0 Å². The van der Waals surface area contributed by atoms with E-state index in [4.69, 9.17) is 5.73 Å². The van der Waals surface area contributed by atoms with Gasteiger partial charge in [0.05, 0.1) is 0 Å². The molecule has 0 aliphatic heterocycles. The molecule has 0 fully saturated rings. The zero-order valence-electron chi connectivity index (χ0n) is 6.93. The summed E-state index contributed by atoms with van der Waals surface area (Å²) >= 11 is 4.38. The summed E-state index contributed by atoms with van der Waals surface area (Å²) in [4.78, 5) is 0. The van der Waals surface area contributed by atoms with Crippen LogP contribution in [0.1, 0.15) is 33.1 Å². The maximum atomic E-state index is 5.83. The fourth-order valence-corrected chi connectivity index (χ4v) is 0.847. The number of hydrogen-bond acceptors (Lipinski definition) is 2. The smallest absolute Gasteiger partial charge is 0.0224 e. The van der Waals surface area contributed by atoms with Crippen LogP contribution in [0.15, 0.2) is 0 Å². The van der Waals surface area contributed by atoms with Crippen molar-refractivity contribution in [2.75, 3.05) is 0 Å². The van der Waals surface area contributed by atoms with Crippen LogP contribution >= 0.6 is 12.6 Å². The van der Waals surface area contributed by atoms with Gasteiger partial charge in [0, 0.05) is 10.8 Å². The van der Waals surface area contributed by atoms with Crippen molar-refractivity contribution in [3.8, 4) is 0 Å². The number of nitrogens with two attached hydrogens (primary N) is 1. The second-order valence-electron chi connectivity index (χ2n) is 3.26. The van der Waals surface area contributed by atoms with E-state index < -0.39 is 0 Å². The second-order valence-corrected chi connectivity index (χ2v) is 4.41. The quantitative estimate of drug-likeness (QED) is 0.605. The molecule has 1 atom stereocenters. The Morgan fingerprint density at radius 1 is 1.60 bits per heavy atom. The van der Waals surface area contributed by atoms with Gasteiger partial charge < -0.3 is 5.73 Å². The first-order chi connectivity index (χ1) is 4.48. The van der Waals surface area contributed by atoms with Gasteiger partial charge in [0.15, 0.2) is 0 Å². The fourth-order valence-electron chi connectivity index (χ4n) is 0.717. The van der Waals surface area contributed by atoms with Crippen LogP contribution in [0, 0.1) is 6.92 Å². The first kappa shape index (κ1) is 10.3. The van der Waals surface area contributed by atoms with Crippen molar-refractivity contribution in [2.45, 2.75) is 43.9 Å². The van der Waals surface area contributed by atoms with E-state index in [0.717, 1.165) is 19.3 Å². The van der Waals surface area contributed by atoms with Crippen molar-refractivity contribution in [1.29, 1.82) is 0 Å². The highest BCUT2D eigenvalue weighted by molar-refractivity contribution is 7.81. The van der Waals surface area contributed by atoms with E-state index in [1.54, 1.807) is 0 Å². The van der Waals surface area contributed by atoms with Crippen molar-refractivity contribution in [2.24, 2.45) is 5.73 Å². The molecule has 0 amide bonds. The molecule has 10 heavy (non-hydrogen) atoms. The minimum Gasteiger partial charge on any atom is -0.326 e. The van der Waals surface area contributed by atoms with Crippen molar-refractivity contribution in [3.63, 3.8) is 0 Å². The Bertz CT molecular complexity index is 85.7. The van der Waals surface area contributed by atoms with E-state index in [9.17, 15) is 0 Å². The summed E-state index contributed by atoms with van der Waals surface area (Å²) in [5.41, 5.74) is 5.83. The predicted octanol–water partition coefficient (Wildman–Crippen LogP) is 2.03. The predicted molar refractivity (Wildman–Crippen MR) is 50.2 cm³/mol. The summed E-state index contributed by atoms with van der Waals surface area (Å²) in [6.07, 6.45) is 3.10. The summed E-state index contributed by atoms with van der Waals surface area (Å²) in [5.74, 6) is 0. The lowest BCUT2D eigenvalue weighted by Gasteiger charge is -2.25. The highest BCUT2D eigenvalue weighted by Gasteiger charge is 2.20. The minimum absolute atomic E-state index is 0.0465. The molecule has 0 aromatic heterocycles. The Morgan fingerprint density at radius 3 is 2.40 bits per heavy atom. The highest BCUT2D eigenvalue weighted by atomic mass is 32.1. The minimum atomic E-state index is -0.0465. The van der Waals surface area contributed by atoms with Crippen LogP contribution < -0.4 is 5.73 Å². The fraction of sp³-hybridized carbons (Fsp3) is 0.875. The number of hydrogen-bond donors (Lipinski definition) is 2. The van der Waals surface area contributed by atoms with Crippen LogP contribution in [-0.4, -0.2) is 10.8 Å². The normalized spacial score (nSPS) is 15.3. The molecule has 0 heterocycles. The van der Waals surface area contributed by atoms with Gasteiger partial charge in [-0.15, -0.1) is 0 Å². The van der Waals surface area contributed by atoms with Crippen molar-refractivity contribution in [3.05, 3.63) is 6.92 Å². The summed E-state index contributed by atoms with van der Waals surface area (Å²) in [7, 11) is 0. The first-order valence-corrected chi connectivity index (χ1v) is 4.20. The maximum absolute atomic E-state index is 5.83. The molecule has 0 rings (SSSR count). The molecule has 1 nitrogen and oxygen atoms in total. The van der Waals surface area contributed by atoms with Crippen LogP contribution in [0.25, 0.3) is 0 Å². The summed E-state index contributed by atoms with van der Waals surface area (Å²) in [6.45, 7) is 7.85. The summed E-state index contributed by atoms with van der Waals surface area (Å²) < 4.78 is -0.0465. The highest BCUT2D eigenvalue weighted by Crippen LogP contribution is 2.19. The van der Waals surface area contributed by atoms with E-state index in [2.05, 4.69) is 19.6 Å². The van der Waals surface area contributed by atoms with E-state index in [1.807, 2.05) is 13.8 Å². The molecule has 2 N–H and O–H groups in total. The third-order valence-electron chi connectivity index (χ3n) is 1.67. The van der Waals surface area contributed by atoms with Gasteiger partial charge in [0.25, 0.3) is 0 Å². The van der Waals surface area contributed by atoms with Gasteiger partial charge in [-0.2, -0.15) is 12.6 Å². The Hall–Kier alpha value is 0.310. The van der Waals surface area contributed by atoms with Gasteiger partial charge in [-0.05, 0) is 20.3 Å². The number of rotatable bonds is 4. The van der Waals surface area contributed by atoms with Crippen molar-refractivity contribution < 1.29 is 0 Å². The number of unbranched alkanes of at least 4 members (excludes halogenated alkanes) is 1. The lowest BCUT2D eigenvalue weighted by atomic mass is 9.99. The van der Waals surface area contributed by atoms with Gasteiger partial charge in [0.2, 0.25) is 0 Å². The summed E-state index contributed by atoms with van der Waals surface area (Å²) in [5, 5.41) is 0. The molecule has 0 saturated carbocycles. The lowest BCUT2D eigenvalue weighted by molar-refractivity contribution is 0.493. The standard InChI is InChI=1S/C8H18NS/c1-4-5-6-7(9)8(2,3)10/h7,10H,1,4-6,9H2,2-3H3. The maximum Gasteiger partial charge on any atom is 0.0224 e. The zero-order valence-corrected chi connectivity index (χ0v) is 7.82. The third kappa shape index (κ3) is 4.18. The second kappa shape index (κ2) is 4.24. The van der Waals surface area contributed by atoms with E-state index in [1.165, 1.54) is 0 Å². The zero-order chi connectivity index (χ0) is 8.20. The Balaban J connectivity index is 3.52. The Labute approximate surface area is 69.8 Å². The molecule has 1 unspecified atom stereocenters. The average Bonchev–Trinajstić information content (AvgIpc) is 1.80. The molecule has 0 aromatic carbocycles. The number of thiol groups is 1. The van der Waals surface area contributed by atoms with E-state index >= 15 is 0 Å². The van der Waals surface area contributed by atoms with E-state index in [-0.39, 0.29) is 10.8 Å². The summed E-state index contributed by atoms with van der Waals surface area (Å²) in [6, 6.07) is 0.192. The van der Waals surface area contributed by atoms with Crippen LogP contribution in [0.3, 0.4) is 0 Å². The van der Waals surface area contributed by atoms with Crippen LogP contribution in [0.2, 0.25) is 0 Å². The molecule has 61 valence electrons. The average molecular weight is 160 g/mol. The first-order valence-electron chi connectivity index (χ1n) is 3.75. The topological polar surface area (TPSA) is 26.0 Å². The third-order valence-corrected chi connectivity index (χ3v) is 2.00.